The molecule has 0 bridgehead atoms. The van der Waals surface area contributed by atoms with E-state index in [0.29, 0.717) is 17.7 Å². The Hall–Kier alpha value is -2.07. The number of aryl methyl sites for hydroxylation is 2. The molecule has 0 radical (unpaired) electrons. The van der Waals surface area contributed by atoms with E-state index in [9.17, 15) is 9.90 Å². The molecule has 0 saturated carbocycles. The molecule has 4 nitrogen and oxygen atoms in total. The van der Waals surface area contributed by atoms with E-state index in [0.717, 1.165) is 11.3 Å². The van der Waals surface area contributed by atoms with Crippen LogP contribution in [0.15, 0.2) is 40.8 Å². The van der Waals surface area contributed by atoms with Crippen LogP contribution in [-0.2, 0) is 16.8 Å². The zero-order valence-corrected chi connectivity index (χ0v) is 14.2. The molecule has 1 aromatic carbocycles. The minimum Gasteiger partial charge on any atom is -0.466 e. The standard InChI is InChI=1S/C19H25NO3/c1-13(10-16-8-6-5-7-9-16)18(21)20-12-19(4,22)17-11-14(2)23-15(17)3/h5-9,11,13,22H,10,12H2,1-4H3,(H,20,21). The topological polar surface area (TPSA) is 62.5 Å². The summed E-state index contributed by atoms with van der Waals surface area (Å²) in [6.07, 6.45) is 0.679. The van der Waals surface area contributed by atoms with Crippen molar-refractivity contribution in [1.29, 1.82) is 0 Å². The summed E-state index contributed by atoms with van der Waals surface area (Å²) in [5.74, 6) is 1.22. The van der Waals surface area contributed by atoms with E-state index in [4.69, 9.17) is 4.42 Å². The van der Waals surface area contributed by atoms with Crippen molar-refractivity contribution in [1.82, 2.24) is 5.32 Å². The van der Waals surface area contributed by atoms with E-state index in [1.54, 1.807) is 6.92 Å². The average molecular weight is 315 g/mol. The molecule has 1 heterocycles. The number of hydrogen-bond acceptors (Lipinski definition) is 3. The van der Waals surface area contributed by atoms with Gasteiger partial charge in [0.05, 0.1) is 6.54 Å². The number of carbonyl (C=O) groups excluding carboxylic acids is 1. The van der Waals surface area contributed by atoms with Crippen LogP contribution in [0.5, 0.6) is 0 Å². The zero-order valence-electron chi connectivity index (χ0n) is 14.2. The Morgan fingerprint density at radius 3 is 2.52 bits per heavy atom. The van der Waals surface area contributed by atoms with Gasteiger partial charge >= 0.3 is 0 Å². The quantitative estimate of drug-likeness (QED) is 0.861. The number of furan rings is 1. The highest BCUT2D eigenvalue weighted by atomic mass is 16.3. The van der Waals surface area contributed by atoms with E-state index >= 15 is 0 Å². The van der Waals surface area contributed by atoms with E-state index in [2.05, 4.69) is 5.32 Å². The fraction of sp³-hybridized carbons (Fsp3) is 0.421. The lowest BCUT2D eigenvalue weighted by Gasteiger charge is -2.24. The maximum absolute atomic E-state index is 12.3. The van der Waals surface area contributed by atoms with Gasteiger partial charge in [-0.25, -0.2) is 0 Å². The molecule has 0 aliphatic carbocycles. The number of carbonyl (C=O) groups is 1. The number of hydrogen-bond donors (Lipinski definition) is 2. The summed E-state index contributed by atoms with van der Waals surface area (Å²) in [6.45, 7) is 7.39. The highest BCUT2D eigenvalue weighted by molar-refractivity contribution is 5.78. The van der Waals surface area contributed by atoms with Crippen molar-refractivity contribution in [2.24, 2.45) is 5.92 Å². The van der Waals surface area contributed by atoms with Gasteiger partial charge in [-0.1, -0.05) is 37.3 Å². The van der Waals surface area contributed by atoms with Crippen molar-refractivity contribution < 1.29 is 14.3 Å². The van der Waals surface area contributed by atoms with Gasteiger partial charge in [-0.05, 0) is 38.8 Å². The lowest BCUT2D eigenvalue weighted by molar-refractivity contribution is -0.125. The normalized spacial score (nSPS) is 15.0. The molecule has 0 spiro atoms. The molecular formula is C19H25NO3. The fourth-order valence-electron chi connectivity index (χ4n) is 2.75. The maximum Gasteiger partial charge on any atom is 0.223 e. The van der Waals surface area contributed by atoms with Gasteiger partial charge in [0.1, 0.15) is 17.1 Å². The van der Waals surface area contributed by atoms with E-state index in [-0.39, 0.29) is 18.4 Å². The first-order valence-electron chi connectivity index (χ1n) is 7.91. The molecule has 0 aliphatic rings. The molecular weight excluding hydrogens is 290 g/mol. The van der Waals surface area contributed by atoms with Crippen LogP contribution < -0.4 is 5.32 Å². The van der Waals surface area contributed by atoms with Crippen molar-refractivity contribution in [2.45, 2.75) is 39.7 Å². The van der Waals surface area contributed by atoms with Crippen LogP contribution in [0.2, 0.25) is 0 Å². The smallest absolute Gasteiger partial charge is 0.223 e. The molecule has 2 N–H and O–H groups in total. The van der Waals surface area contributed by atoms with E-state index in [1.807, 2.05) is 57.2 Å². The molecule has 1 aromatic heterocycles. The monoisotopic (exact) mass is 315 g/mol. The van der Waals surface area contributed by atoms with E-state index < -0.39 is 5.60 Å². The Kier molecular flexibility index (Phi) is 5.26. The van der Waals surface area contributed by atoms with Crippen LogP contribution in [0.4, 0.5) is 0 Å². The van der Waals surface area contributed by atoms with Crippen LogP contribution >= 0.6 is 0 Å². The minimum absolute atomic E-state index is 0.0630. The fourth-order valence-corrected chi connectivity index (χ4v) is 2.75. The third-order valence-corrected chi connectivity index (χ3v) is 4.06. The summed E-state index contributed by atoms with van der Waals surface area (Å²) in [5, 5.41) is 13.5. The Balaban J connectivity index is 1.94. The van der Waals surface area contributed by atoms with Crippen LogP contribution in [-0.4, -0.2) is 17.6 Å². The van der Waals surface area contributed by atoms with Crippen molar-refractivity contribution >= 4 is 5.91 Å². The highest BCUT2D eigenvalue weighted by Gasteiger charge is 2.28. The summed E-state index contributed by atoms with van der Waals surface area (Å²) in [5.41, 5.74) is 0.693. The summed E-state index contributed by atoms with van der Waals surface area (Å²) >= 11 is 0. The van der Waals surface area contributed by atoms with E-state index in [1.165, 1.54) is 0 Å². The molecule has 4 heteroatoms. The van der Waals surface area contributed by atoms with Gasteiger partial charge in [0.25, 0.3) is 0 Å². The minimum atomic E-state index is -1.15. The first-order chi connectivity index (χ1) is 10.8. The third-order valence-electron chi connectivity index (χ3n) is 4.06. The van der Waals surface area contributed by atoms with Crippen molar-refractivity contribution in [3.63, 3.8) is 0 Å². The first-order valence-corrected chi connectivity index (χ1v) is 7.91. The van der Waals surface area contributed by atoms with Crippen molar-refractivity contribution in [2.75, 3.05) is 6.54 Å². The summed E-state index contributed by atoms with van der Waals surface area (Å²) in [4.78, 5) is 12.3. The molecule has 0 fully saturated rings. The lowest BCUT2D eigenvalue weighted by Crippen LogP contribution is -2.41. The van der Waals surface area contributed by atoms with Gasteiger partial charge in [0, 0.05) is 11.5 Å². The molecule has 2 atom stereocenters. The summed E-state index contributed by atoms with van der Waals surface area (Å²) < 4.78 is 5.46. The predicted octanol–water partition coefficient (Wildman–Crippen LogP) is 3.10. The van der Waals surface area contributed by atoms with Gasteiger partial charge in [-0.3, -0.25) is 4.79 Å². The van der Waals surface area contributed by atoms with Crippen LogP contribution in [0.1, 0.15) is 36.5 Å². The maximum atomic E-state index is 12.3. The molecule has 2 rings (SSSR count). The van der Waals surface area contributed by atoms with Crippen LogP contribution in [0.3, 0.4) is 0 Å². The molecule has 0 aliphatic heterocycles. The molecule has 1 amide bonds. The molecule has 2 aromatic rings. The number of amides is 1. The van der Waals surface area contributed by atoms with Crippen molar-refractivity contribution in [3.05, 3.63) is 59.0 Å². The average Bonchev–Trinajstić information content (AvgIpc) is 2.85. The number of aliphatic hydroxyl groups is 1. The molecule has 23 heavy (non-hydrogen) atoms. The molecule has 2 unspecified atom stereocenters. The Labute approximate surface area is 137 Å². The SMILES string of the molecule is Cc1cc(C(C)(O)CNC(=O)C(C)Cc2ccccc2)c(C)o1. The van der Waals surface area contributed by atoms with Gasteiger partial charge < -0.3 is 14.8 Å². The lowest BCUT2D eigenvalue weighted by atomic mass is 9.95. The Morgan fingerprint density at radius 1 is 1.30 bits per heavy atom. The van der Waals surface area contributed by atoms with Crippen LogP contribution in [0, 0.1) is 19.8 Å². The van der Waals surface area contributed by atoms with Crippen LogP contribution in [0.25, 0.3) is 0 Å². The second kappa shape index (κ2) is 7.01. The van der Waals surface area contributed by atoms with Gasteiger partial charge in [-0.2, -0.15) is 0 Å². The van der Waals surface area contributed by atoms with Gasteiger partial charge in [0.15, 0.2) is 0 Å². The molecule has 124 valence electrons. The van der Waals surface area contributed by atoms with Crippen molar-refractivity contribution in [3.8, 4) is 0 Å². The third kappa shape index (κ3) is 4.45. The summed E-state index contributed by atoms with van der Waals surface area (Å²) in [7, 11) is 0. The Bertz CT molecular complexity index is 659. The largest absolute Gasteiger partial charge is 0.466 e. The Morgan fingerprint density at radius 2 is 1.96 bits per heavy atom. The highest BCUT2D eigenvalue weighted by Crippen LogP contribution is 2.26. The number of rotatable bonds is 6. The first kappa shape index (κ1) is 17.3. The summed E-state index contributed by atoms with van der Waals surface area (Å²) in [6, 6.07) is 11.7. The second-order valence-corrected chi connectivity index (χ2v) is 6.41. The predicted molar refractivity (Wildman–Crippen MR) is 90.1 cm³/mol. The van der Waals surface area contributed by atoms with Gasteiger partial charge in [-0.15, -0.1) is 0 Å². The molecule has 0 saturated heterocycles. The second-order valence-electron chi connectivity index (χ2n) is 6.41. The van der Waals surface area contributed by atoms with Gasteiger partial charge in [0.2, 0.25) is 5.91 Å². The number of benzene rings is 1. The number of nitrogens with one attached hydrogen (secondary N) is 1. The zero-order chi connectivity index (χ0) is 17.0.